The van der Waals surface area contributed by atoms with E-state index in [0.717, 1.165) is 35.2 Å². The van der Waals surface area contributed by atoms with Crippen molar-refractivity contribution in [2.45, 2.75) is 57.4 Å². The van der Waals surface area contributed by atoms with Crippen LogP contribution in [-0.4, -0.2) is 32.3 Å². The van der Waals surface area contributed by atoms with Crippen molar-refractivity contribution in [2.75, 3.05) is 12.3 Å². The molecule has 0 atom stereocenters. The Morgan fingerprint density at radius 2 is 2.00 bits per heavy atom. The highest BCUT2D eigenvalue weighted by Gasteiger charge is 2.22. The molecule has 5 rings (SSSR count). The second kappa shape index (κ2) is 6.51. The summed E-state index contributed by atoms with van der Waals surface area (Å²) in [4.78, 5) is 26.4. The van der Waals surface area contributed by atoms with Gasteiger partial charge in [0.25, 0.3) is 0 Å². The predicted octanol–water partition coefficient (Wildman–Crippen LogP) is 3.86. The number of hydrogen-bond donors (Lipinski definition) is 2. The van der Waals surface area contributed by atoms with E-state index in [0.29, 0.717) is 30.2 Å². The van der Waals surface area contributed by atoms with Gasteiger partial charge in [0.1, 0.15) is 11.3 Å². The number of H-pyrrole nitrogens is 1. The molecule has 2 fully saturated rings. The molecule has 6 nitrogen and oxygen atoms in total. The highest BCUT2D eigenvalue weighted by molar-refractivity contribution is 6.06. The van der Waals surface area contributed by atoms with Crippen LogP contribution in [0.25, 0.3) is 21.9 Å². The molecule has 140 valence electrons. The minimum Gasteiger partial charge on any atom is -0.382 e. The van der Waals surface area contributed by atoms with Gasteiger partial charge < -0.3 is 15.6 Å². The number of amides is 1. The number of aromatic amines is 1. The molecule has 1 aromatic carbocycles. The van der Waals surface area contributed by atoms with Gasteiger partial charge in [-0.15, -0.1) is 0 Å². The molecule has 1 saturated carbocycles. The SMILES string of the molecule is Nc1nc2cc(C3CCCCC3)ccc2c2[nH]c(CN3CCCC3=O)nc12. The van der Waals surface area contributed by atoms with Gasteiger partial charge in [0.2, 0.25) is 5.91 Å². The Morgan fingerprint density at radius 1 is 1.15 bits per heavy atom. The molecule has 0 radical (unpaired) electrons. The molecule has 2 aromatic heterocycles. The lowest BCUT2D eigenvalue weighted by atomic mass is 9.84. The number of aromatic nitrogens is 3. The van der Waals surface area contributed by atoms with E-state index in [1.165, 1.54) is 37.7 Å². The van der Waals surface area contributed by atoms with Crippen LogP contribution in [0.4, 0.5) is 5.82 Å². The van der Waals surface area contributed by atoms with E-state index in [1.807, 2.05) is 4.90 Å². The van der Waals surface area contributed by atoms with E-state index < -0.39 is 0 Å². The third kappa shape index (κ3) is 2.93. The number of likely N-dealkylation sites (tertiary alicyclic amines) is 1. The number of imidazole rings is 1. The number of nitrogen functional groups attached to an aromatic ring is 1. The first-order chi connectivity index (χ1) is 13.2. The smallest absolute Gasteiger partial charge is 0.223 e. The van der Waals surface area contributed by atoms with E-state index in [-0.39, 0.29) is 5.91 Å². The second-order valence-electron chi connectivity index (χ2n) is 7.93. The van der Waals surface area contributed by atoms with Crippen LogP contribution in [0.15, 0.2) is 18.2 Å². The molecular formula is C21H25N5O. The lowest BCUT2D eigenvalue weighted by molar-refractivity contribution is -0.128. The largest absolute Gasteiger partial charge is 0.382 e. The maximum Gasteiger partial charge on any atom is 0.223 e. The number of nitrogens with zero attached hydrogens (tertiary/aromatic N) is 3. The van der Waals surface area contributed by atoms with Crippen molar-refractivity contribution in [3.05, 3.63) is 29.6 Å². The van der Waals surface area contributed by atoms with Crippen LogP contribution in [-0.2, 0) is 11.3 Å². The number of benzene rings is 1. The van der Waals surface area contributed by atoms with Crippen LogP contribution in [0.1, 0.15) is 62.3 Å². The summed E-state index contributed by atoms with van der Waals surface area (Å²) in [5.74, 6) is 2.06. The molecule has 2 aliphatic rings. The van der Waals surface area contributed by atoms with Gasteiger partial charge in [-0.1, -0.05) is 31.4 Å². The molecule has 6 heteroatoms. The van der Waals surface area contributed by atoms with Crippen molar-refractivity contribution >= 4 is 33.7 Å². The summed E-state index contributed by atoms with van der Waals surface area (Å²) in [6.45, 7) is 1.31. The van der Waals surface area contributed by atoms with Crippen LogP contribution in [0.5, 0.6) is 0 Å². The van der Waals surface area contributed by atoms with Crippen molar-refractivity contribution in [2.24, 2.45) is 0 Å². The van der Waals surface area contributed by atoms with E-state index in [9.17, 15) is 4.79 Å². The highest BCUT2D eigenvalue weighted by atomic mass is 16.2. The Morgan fingerprint density at radius 3 is 2.78 bits per heavy atom. The van der Waals surface area contributed by atoms with E-state index in [4.69, 9.17) is 5.73 Å². The van der Waals surface area contributed by atoms with E-state index in [2.05, 4.69) is 33.2 Å². The fourth-order valence-corrected chi connectivity index (χ4v) is 4.65. The number of nitrogens with one attached hydrogen (secondary N) is 1. The van der Waals surface area contributed by atoms with Crippen LogP contribution in [0.3, 0.4) is 0 Å². The molecule has 0 spiro atoms. The van der Waals surface area contributed by atoms with Crippen LogP contribution in [0, 0.1) is 0 Å². The summed E-state index contributed by atoms with van der Waals surface area (Å²) in [5, 5.41) is 1.05. The first-order valence-electron chi connectivity index (χ1n) is 10.0. The number of hydrogen-bond acceptors (Lipinski definition) is 4. The van der Waals surface area contributed by atoms with Gasteiger partial charge >= 0.3 is 0 Å². The van der Waals surface area contributed by atoms with Gasteiger partial charge in [0.15, 0.2) is 5.82 Å². The molecule has 3 N–H and O–H groups in total. The van der Waals surface area contributed by atoms with Gasteiger partial charge in [-0.25, -0.2) is 9.97 Å². The topological polar surface area (TPSA) is 87.9 Å². The number of carbonyl (C=O) groups excluding carboxylic acids is 1. The first kappa shape index (κ1) is 16.5. The average Bonchev–Trinajstić information content (AvgIpc) is 3.29. The van der Waals surface area contributed by atoms with Crippen molar-refractivity contribution < 1.29 is 4.79 Å². The van der Waals surface area contributed by atoms with Crippen molar-refractivity contribution in [3.8, 4) is 0 Å². The normalized spacial score (nSPS) is 18.8. The zero-order valence-corrected chi connectivity index (χ0v) is 15.5. The third-order valence-corrected chi connectivity index (χ3v) is 6.12. The zero-order valence-electron chi connectivity index (χ0n) is 15.5. The highest BCUT2D eigenvalue weighted by Crippen LogP contribution is 2.35. The number of pyridine rings is 1. The van der Waals surface area contributed by atoms with E-state index >= 15 is 0 Å². The van der Waals surface area contributed by atoms with Crippen LogP contribution >= 0.6 is 0 Å². The summed E-state index contributed by atoms with van der Waals surface area (Å²) in [6.07, 6.45) is 8.08. The number of carbonyl (C=O) groups is 1. The maximum atomic E-state index is 11.9. The van der Waals surface area contributed by atoms with Crippen LogP contribution in [0.2, 0.25) is 0 Å². The molecule has 0 bridgehead atoms. The van der Waals surface area contributed by atoms with Crippen molar-refractivity contribution in [1.82, 2.24) is 19.9 Å². The molecule has 27 heavy (non-hydrogen) atoms. The number of nitrogens with two attached hydrogens (primary N) is 1. The predicted molar refractivity (Wildman–Crippen MR) is 106 cm³/mol. The van der Waals surface area contributed by atoms with Gasteiger partial charge in [0, 0.05) is 18.4 Å². The summed E-state index contributed by atoms with van der Waals surface area (Å²) in [6, 6.07) is 6.59. The Kier molecular flexibility index (Phi) is 3.99. The van der Waals surface area contributed by atoms with Crippen LogP contribution < -0.4 is 5.73 Å². The quantitative estimate of drug-likeness (QED) is 0.739. The first-order valence-corrected chi connectivity index (χ1v) is 10.0. The second-order valence-corrected chi connectivity index (χ2v) is 7.93. The molecule has 1 aliphatic carbocycles. The van der Waals surface area contributed by atoms with E-state index in [1.54, 1.807) is 0 Å². The Bertz CT molecular complexity index is 1020. The Balaban J connectivity index is 1.54. The van der Waals surface area contributed by atoms with Gasteiger partial charge in [-0.3, -0.25) is 4.79 Å². The van der Waals surface area contributed by atoms with Crippen molar-refractivity contribution in [1.29, 1.82) is 0 Å². The summed E-state index contributed by atoms with van der Waals surface area (Å²) >= 11 is 0. The van der Waals surface area contributed by atoms with Gasteiger partial charge in [-0.05, 0) is 36.8 Å². The number of fused-ring (bicyclic) bond motifs is 3. The Hall–Kier alpha value is -2.63. The average molecular weight is 363 g/mol. The molecule has 3 aromatic rings. The Labute approximate surface area is 158 Å². The lowest BCUT2D eigenvalue weighted by Gasteiger charge is -2.22. The fraction of sp³-hybridized carbons (Fsp3) is 0.476. The summed E-state index contributed by atoms with van der Waals surface area (Å²) in [7, 11) is 0. The zero-order chi connectivity index (χ0) is 18.4. The molecule has 3 heterocycles. The minimum absolute atomic E-state index is 0.198. The molecular weight excluding hydrogens is 338 g/mol. The maximum absolute atomic E-state index is 11.9. The number of anilines is 1. The standard InChI is InChI=1S/C21H25N5O/c22-21-20-19(24-17(25-20)12-26-10-4-7-18(26)27)15-9-8-14(11-16(15)23-21)13-5-2-1-3-6-13/h8-9,11,13H,1-7,10,12H2,(H2,22,23)(H,24,25). The monoisotopic (exact) mass is 363 g/mol. The molecule has 1 aliphatic heterocycles. The third-order valence-electron chi connectivity index (χ3n) is 6.12. The van der Waals surface area contributed by atoms with Gasteiger partial charge in [-0.2, -0.15) is 0 Å². The fourth-order valence-electron chi connectivity index (χ4n) is 4.65. The summed E-state index contributed by atoms with van der Waals surface area (Å²) < 4.78 is 0. The van der Waals surface area contributed by atoms with Gasteiger partial charge in [0.05, 0.1) is 17.6 Å². The summed E-state index contributed by atoms with van der Waals surface area (Å²) in [5.41, 5.74) is 10.2. The minimum atomic E-state index is 0.198. The lowest BCUT2D eigenvalue weighted by Crippen LogP contribution is -2.24. The molecule has 1 amide bonds. The van der Waals surface area contributed by atoms with Crippen molar-refractivity contribution in [3.63, 3.8) is 0 Å². The number of rotatable bonds is 3. The molecule has 1 saturated heterocycles. The molecule has 0 unspecified atom stereocenters.